The number of carbonyl (C=O) groups excluding carboxylic acids is 1. The normalized spacial score (nSPS) is 13.5. The van der Waals surface area contributed by atoms with Gasteiger partial charge in [-0.1, -0.05) is 48.5 Å². The van der Waals surface area contributed by atoms with Gasteiger partial charge in [-0.2, -0.15) is 0 Å². The van der Waals surface area contributed by atoms with E-state index in [1.165, 1.54) is 0 Å². The van der Waals surface area contributed by atoms with Gasteiger partial charge in [0.2, 0.25) is 0 Å². The zero-order valence-corrected chi connectivity index (χ0v) is 16.6. The SMILES string of the molecule is CCNC(=NCC(C)(O)c1ccccc1)NCCCNC(=O)c1ccccc1. The molecule has 0 heterocycles. The maximum atomic E-state index is 12.0. The van der Waals surface area contributed by atoms with Crippen LogP contribution in [0.3, 0.4) is 0 Å². The van der Waals surface area contributed by atoms with Crippen molar-refractivity contribution >= 4 is 11.9 Å². The lowest BCUT2D eigenvalue weighted by atomic mass is 9.96. The van der Waals surface area contributed by atoms with Crippen molar-refractivity contribution in [3.63, 3.8) is 0 Å². The van der Waals surface area contributed by atoms with E-state index < -0.39 is 5.60 Å². The molecule has 0 aliphatic heterocycles. The predicted octanol–water partition coefficient (Wildman–Crippen LogP) is 2.27. The maximum Gasteiger partial charge on any atom is 0.251 e. The molecule has 1 unspecified atom stereocenters. The van der Waals surface area contributed by atoms with Crippen LogP contribution >= 0.6 is 0 Å². The molecule has 0 saturated heterocycles. The Kier molecular flexibility index (Phi) is 8.49. The molecule has 2 aromatic carbocycles. The molecule has 0 aliphatic rings. The minimum absolute atomic E-state index is 0.0694. The second kappa shape index (κ2) is 11.1. The summed E-state index contributed by atoms with van der Waals surface area (Å²) in [5, 5.41) is 20.0. The Morgan fingerprint density at radius 3 is 2.21 bits per heavy atom. The summed E-state index contributed by atoms with van der Waals surface area (Å²) in [6, 6.07) is 18.7. The fraction of sp³-hybridized carbons (Fsp3) is 0.364. The van der Waals surface area contributed by atoms with Gasteiger partial charge in [-0.3, -0.25) is 4.79 Å². The second-order valence-electron chi connectivity index (χ2n) is 6.74. The molecular formula is C22H30N4O2. The van der Waals surface area contributed by atoms with Crippen LogP contribution in [0.5, 0.6) is 0 Å². The van der Waals surface area contributed by atoms with Gasteiger partial charge in [0, 0.05) is 25.2 Å². The van der Waals surface area contributed by atoms with Crippen molar-refractivity contribution in [2.45, 2.75) is 25.9 Å². The van der Waals surface area contributed by atoms with E-state index in [0.29, 0.717) is 24.6 Å². The van der Waals surface area contributed by atoms with Gasteiger partial charge >= 0.3 is 0 Å². The summed E-state index contributed by atoms with van der Waals surface area (Å²) in [6.45, 7) is 5.96. The zero-order chi connectivity index (χ0) is 20.2. The third-order valence-electron chi connectivity index (χ3n) is 4.25. The molecule has 0 saturated carbocycles. The Hall–Kier alpha value is -2.86. The number of hydrogen-bond donors (Lipinski definition) is 4. The van der Waals surface area contributed by atoms with Crippen molar-refractivity contribution in [1.82, 2.24) is 16.0 Å². The molecule has 0 aromatic heterocycles. The molecule has 4 N–H and O–H groups in total. The lowest BCUT2D eigenvalue weighted by molar-refractivity contribution is 0.0672. The molecule has 6 heteroatoms. The molecular weight excluding hydrogens is 352 g/mol. The Morgan fingerprint density at radius 1 is 0.964 bits per heavy atom. The highest BCUT2D eigenvalue weighted by Gasteiger charge is 2.22. The van der Waals surface area contributed by atoms with Crippen LogP contribution in [0.15, 0.2) is 65.7 Å². The highest BCUT2D eigenvalue weighted by Crippen LogP contribution is 2.20. The highest BCUT2D eigenvalue weighted by atomic mass is 16.3. The average molecular weight is 383 g/mol. The van der Waals surface area contributed by atoms with Gasteiger partial charge in [-0.05, 0) is 38.0 Å². The van der Waals surface area contributed by atoms with E-state index >= 15 is 0 Å². The summed E-state index contributed by atoms with van der Waals surface area (Å²) in [6.07, 6.45) is 0.762. The van der Waals surface area contributed by atoms with Crippen LogP contribution in [-0.2, 0) is 5.60 Å². The number of nitrogens with zero attached hydrogens (tertiary/aromatic N) is 1. The van der Waals surface area contributed by atoms with Crippen molar-refractivity contribution in [1.29, 1.82) is 0 Å². The van der Waals surface area contributed by atoms with Gasteiger partial charge in [-0.25, -0.2) is 4.99 Å². The summed E-state index contributed by atoms with van der Waals surface area (Å²) in [7, 11) is 0. The molecule has 1 amide bonds. The van der Waals surface area contributed by atoms with Crippen LogP contribution in [0.1, 0.15) is 36.2 Å². The lowest BCUT2D eigenvalue weighted by Gasteiger charge is -2.22. The third-order valence-corrected chi connectivity index (χ3v) is 4.25. The van der Waals surface area contributed by atoms with E-state index in [1.807, 2.05) is 55.5 Å². The molecule has 150 valence electrons. The van der Waals surface area contributed by atoms with Crippen LogP contribution in [0.25, 0.3) is 0 Å². The molecule has 2 rings (SSSR count). The first kappa shape index (κ1) is 21.4. The lowest BCUT2D eigenvalue weighted by Crippen LogP contribution is -2.40. The van der Waals surface area contributed by atoms with Gasteiger partial charge < -0.3 is 21.1 Å². The van der Waals surface area contributed by atoms with E-state index in [1.54, 1.807) is 19.1 Å². The first-order chi connectivity index (χ1) is 13.5. The summed E-state index contributed by atoms with van der Waals surface area (Å²) in [4.78, 5) is 16.5. The van der Waals surface area contributed by atoms with Gasteiger partial charge in [0.25, 0.3) is 5.91 Å². The zero-order valence-electron chi connectivity index (χ0n) is 16.6. The number of rotatable bonds is 9. The Balaban J connectivity index is 1.77. The molecule has 2 aromatic rings. The topological polar surface area (TPSA) is 85.8 Å². The van der Waals surface area contributed by atoms with Crippen molar-refractivity contribution in [3.8, 4) is 0 Å². The number of nitrogens with one attached hydrogen (secondary N) is 3. The average Bonchev–Trinajstić information content (AvgIpc) is 2.73. The van der Waals surface area contributed by atoms with Crippen LogP contribution in [0.2, 0.25) is 0 Å². The van der Waals surface area contributed by atoms with Gasteiger partial charge in [0.05, 0.1) is 6.54 Å². The number of aliphatic hydroxyl groups is 1. The Morgan fingerprint density at radius 2 is 1.57 bits per heavy atom. The van der Waals surface area contributed by atoms with E-state index in [4.69, 9.17) is 0 Å². The number of carbonyl (C=O) groups is 1. The number of amides is 1. The molecule has 6 nitrogen and oxygen atoms in total. The monoisotopic (exact) mass is 382 g/mol. The van der Waals surface area contributed by atoms with Gasteiger partial charge in [-0.15, -0.1) is 0 Å². The van der Waals surface area contributed by atoms with Crippen molar-refractivity contribution in [2.75, 3.05) is 26.2 Å². The minimum Gasteiger partial charge on any atom is -0.384 e. The minimum atomic E-state index is -1.03. The highest BCUT2D eigenvalue weighted by molar-refractivity contribution is 5.94. The van der Waals surface area contributed by atoms with Crippen LogP contribution < -0.4 is 16.0 Å². The first-order valence-electron chi connectivity index (χ1n) is 9.66. The molecule has 28 heavy (non-hydrogen) atoms. The largest absolute Gasteiger partial charge is 0.384 e. The summed E-state index contributed by atoms with van der Waals surface area (Å²) in [5.41, 5.74) is 0.458. The summed E-state index contributed by atoms with van der Waals surface area (Å²) < 4.78 is 0. The number of hydrogen-bond acceptors (Lipinski definition) is 3. The fourth-order valence-corrected chi connectivity index (χ4v) is 2.65. The molecule has 0 spiro atoms. The van der Waals surface area contributed by atoms with Crippen molar-refractivity contribution < 1.29 is 9.90 Å². The van der Waals surface area contributed by atoms with Crippen LogP contribution in [0, 0.1) is 0 Å². The molecule has 0 aliphatic carbocycles. The smallest absolute Gasteiger partial charge is 0.251 e. The first-order valence-corrected chi connectivity index (χ1v) is 9.66. The van der Waals surface area contributed by atoms with Gasteiger partial charge in [0.1, 0.15) is 5.60 Å². The van der Waals surface area contributed by atoms with E-state index in [0.717, 1.165) is 18.5 Å². The van der Waals surface area contributed by atoms with Crippen LogP contribution in [0.4, 0.5) is 0 Å². The predicted molar refractivity (Wildman–Crippen MR) is 113 cm³/mol. The molecule has 0 fully saturated rings. The quantitative estimate of drug-likeness (QED) is 0.304. The maximum absolute atomic E-state index is 12.0. The second-order valence-corrected chi connectivity index (χ2v) is 6.74. The number of guanidine groups is 1. The fourth-order valence-electron chi connectivity index (χ4n) is 2.65. The Bertz CT molecular complexity index is 746. The standard InChI is InChI=1S/C22H30N4O2/c1-3-23-21(26-17-22(2,28)19-13-8-5-9-14-19)25-16-10-15-24-20(27)18-11-6-4-7-12-18/h4-9,11-14,28H,3,10,15-17H2,1-2H3,(H,24,27)(H2,23,25,26). The van der Waals surface area contributed by atoms with E-state index in [-0.39, 0.29) is 12.5 Å². The van der Waals surface area contributed by atoms with Crippen molar-refractivity contribution in [2.24, 2.45) is 4.99 Å². The van der Waals surface area contributed by atoms with E-state index in [2.05, 4.69) is 20.9 Å². The Labute approximate surface area is 167 Å². The van der Waals surface area contributed by atoms with E-state index in [9.17, 15) is 9.90 Å². The van der Waals surface area contributed by atoms with Gasteiger partial charge in [0.15, 0.2) is 5.96 Å². The third kappa shape index (κ3) is 7.04. The molecule has 0 bridgehead atoms. The summed E-state index contributed by atoms with van der Waals surface area (Å²) in [5.74, 6) is 0.577. The number of aliphatic imine (C=N–C) groups is 1. The summed E-state index contributed by atoms with van der Waals surface area (Å²) >= 11 is 0. The van der Waals surface area contributed by atoms with Crippen LogP contribution in [-0.4, -0.2) is 43.2 Å². The molecule has 1 atom stereocenters. The molecule has 0 radical (unpaired) electrons. The van der Waals surface area contributed by atoms with Crippen molar-refractivity contribution in [3.05, 3.63) is 71.8 Å². The number of benzene rings is 2.